The highest BCUT2D eigenvalue weighted by Gasteiger charge is 2.15. The summed E-state index contributed by atoms with van der Waals surface area (Å²) >= 11 is 0. The Morgan fingerprint density at radius 2 is 1.97 bits per heavy atom. The standard InChI is InChI=1S/C20H22N8O/c21-20-24-17(12-18-25-19(26-28(18)20)16-6-3-11-29-16)23-13-14-4-1-2-5-15(14)27-9-7-22-8-10-27/h1-6,11-12,22-23H,7-10,13H2,(H2,21,24). The van der Waals surface area contributed by atoms with Gasteiger partial charge in [-0.1, -0.05) is 18.2 Å². The molecule has 0 bridgehead atoms. The van der Waals surface area contributed by atoms with E-state index in [-0.39, 0.29) is 5.95 Å². The smallest absolute Gasteiger partial charge is 0.225 e. The summed E-state index contributed by atoms with van der Waals surface area (Å²) in [5, 5.41) is 11.1. The van der Waals surface area contributed by atoms with Crippen LogP contribution in [-0.2, 0) is 6.54 Å². The third kappa shape index (κ3) is 3.47. The number of furan rings is 1. The Bertz CT molecular complexity index is 1110. The SMILES string of the molecule is Nc1nc(NCc2ccccc2N2CCNCC2)cc2nc(-c3ccco3)nn12. The molecule has 0 saturated carbocycles. The van der Waals surface area contributed by atoms with E-state index >= 15 is 0 Å². The lowest BCUT2D eigenvalue weighted by atomic mass is 10.1. The molecule has 5 rings (SSSR count). The van der Waals surface area contributed by atoms with Crippen LogP contribution in [0.1, 0.15) is 5.56 Å². The minimum Gasteiger partial charge on any atom is -0.461 e. The molecule has 3 aromatic heterocycles. The lowest BCUT2D eigenvalue weighted by molar-refractivity contribution is 0.577. The summed E-state index contributed by atoms with van der Waals surface area (Å²) in [4.78, 5) is 11.3. The molecule has 0 atom stereocenters. The number of hydrogen-bond acceptors (Lipinski definition) is 8. The largest absolute Gasteiger partial charge is 0.461 e. The van der Waals surface area contributed by atoms with Crippen LogP contribution < -0.4 is 21.3 Å². The lowest BCUT2D eigenvalue weighted by Gasteiger charge is -2.31. The molecule has 0 unspecified atom stereocenters. The molecule has 4 aromatic rings. The number of rotatable bonds is 5. The Morgan fingerprint density at radius 3 is 2.79 bits per heavy atom. The van der Waals surface area contributed by atoms with E-state index < -0.39 is 0 Å². The molecule has 1 saturated heterocycles. The Morgan fingerprint density at radius 1 is 1.10 bits per heavy atom. The molecule has 0 aliphatic carbocycles. The van der Waals surface area contributed by atoms with E-state index in [1.807, 2.05) is 12.1 Å². The number of hydrogen-bond donors (Lipinski definition) is 3. The van der Waals surface area contributed by atoms with E-state index in [1.54, 1.807) is 12.3 Å². The third-order valence-corrected chi connectivity index (χ3v) is 5.00. The second-order valence-corrected chi connectivity index (χ2v) is 6.90. The molecule has 1 aliphatic heterocycles. The van der Waals surface area contributed by atoms with Gasteiger partial charge in [-0.15, -0.1) is 5.10 Å². The number of fused-ring (bicyclic) bond motifs is 1. The van der Waals surface area contributed by atoms with Gasteiger partial charge in [0, 0.05) is 44.5 Å². The maximum absolute atomic E-state index is 6.10. The summed E-state index contributed by atoms with van der Waals surface area (Å²) in [6.45, 7) is 4.65. The summed E-state index contributed by atoms with van der Waals surface area (Å²) in [5.74, 6) is 1.99. The second-order valence-electron chi connectivity index (χ2n) is 6.90. The molecule has 1 aliphatic rings. The molecule has 4 N–H and O–H groups in total. The molecule has 9 heteroatoms. The monoisotopic (exact) mass is 390 g/mol. The molecule has 0 spiro atoms. The predicted octanol–water partition coefficient (Wildman–Crippen LogP) is 1.99. The highest BCUT2D eigenvalue weighted by atomic mass is 16.3. The fraction of sp³-hybridized carbons (Fsp3) is 0.250. The molecular formula is C20H22N8O. The van der Waals surface area contributed by atoms with E-state index in [1.165, 1.54) is 15.8 Å². The quantitative estimate of drug-likeness (QED) is 0.475. The van der Waals surface area contributed by atoms with Gasteiger partial charge in [0.15, 0.2) is 11.4 Å². The summed E-state index contributed by atoms with van der Waals surface area (Å²) in [6, 6.07) is 13.9. The lowest BCUT2D eigenvalue weighted by Crippen LogP contribution is -2.43. The van der Waals surface area contributed by atoms with Crippen LogP contribution in [0.5, 0.6) is 0 Å². The van der Waals surface area contributed by atoms with Crippen molar-refractivity contribution in [3.05, 3.63) is 54.3 Å². The van der Waals surface area contributed by atoms with Crippen LogP contribution in [0.15, 0.2) is 53.1 Å². The van der Waals surface area contributed by atoms with Crippen molar-refractivity contribution in [2.45, 2.75) is 6.54 Å². The number of aromatic nitrogens is 4. The molecule has 29 heavy (non-hydrogen) atoms. The van der Waals surface area contributed by atoms with Gasteiger partial charge >= 0.3 is 0 Å². The van der Waals surface area contributed by atoms with Gasteiger partial charge in [0.05, 0.1) is 6.26 Å². The van der Waals surface area contributed by atoms with Crippen molar-refractivity contribution in [2.24, 2.45) is 0 Å². The number of nitrogen functional groups attached to an aromatic ring is 1. The zero-order valence-electron chi connectivity index (χ0n) is 15.9. The maximum Gasteiger partial charge on any atom is 0.225 e. The average Bonchev–Trinajstić information content (AvgIpc) is 3.43. The van der Waals surface area contributed by atoms with Crippen molar-refractivity contribution in [3.63, 3.8) is 0 Å². The van der Waals surface area contributed by atoms with Gasteiger partial charge in [0.2, 0.25) is 11.8 Å². The van der Waals surface area contributed by atoms with Crippen molar-refractivity contribution in [1.82, 2.24) is 24.9 Å². The predicted molar refractivity (Wildman–Crippen MR) is 112 cm³/mol. The molecule has 9 nitrogen and oxygen atoms in total. The van der Waals surface area contributed by atoms with Gasteiger partial charge in [-0.3, -0.25) is 0 Å². The summed E-state index contributed by atoms with van der Waals surface area (Å²) in [7, 11) is 0. The summed E-state index contributed by atoms with van der Waals surface area (Å²) < 4.78 is 6.88. The minimum absolute atomic E-state index is 0.269. The number of nitrogens with one attached hydrogen (secondary N) is 2. The first kappa shape index (κ1) is 17.5. The number of nitrogens with two attached hydrogens (primary N) is 1. The highest BCUT2D eigenvalue weighted by molar-refractivity contribution is 5.60. The van der Waals surface area contributed by atoms with Gasteiger partial charge < -0.3 is 25.7 Å². The van der Waals surface area contributed by atoms with Crippen molar-refractivity contribution in [1.29, 1.82) is 0 Å². The van der Waals surface area contributed by atoms with Crippen LogP contribution in [0.3, 0.4) is 0 Å². The van der Waals surface area contributed by atoms with Crippen LogP contribution >= 0.6 is 0 Å². The van der Waals surface area contributed by atoms with Crippen LogP contribution in [0.2, 0.25) is 0 Å². The number of benzene rings is 1. The van der Waals surface area contributed by atoms with Crippen molar-refractivity contribution in [3.8, 4) is 11.6 Å². The first-order chi connectivity index (χ1) is 14.3. The number of anilines is 3. The Balaban J connectivity index is 1.39. The molecule has 0 amide bonds. The van der Waals surface area contributed by atoms with Crippen molar-refractivity contribution in [2.75, 3.05) is 42.1 Å². The first-order valence-corrected chi connectivity index (χ1v) is 9.62. The van der Waals surface area contributed by atoms with Gasteiger partial charge in [-0.05, 0) is 23.8 Å². The normalized spacial score (nSPS) is 14.4. The summed E-state index contributed by atoms with van der Waals surface area (Å²) in [5.41, 5.74) is 9.18. The van der Waals surface area contributed by atoms with E-state index in [9.17, 15) is 0 Å². The van der Waals surface area contributed by atoms with Crippen molar-refractivity contribution < 1.29 is 4.42 Å². The topological polar surface area (TPSA) is 110 Å². The van der Waals surface area contributed by atoms with E-state index in [0.717, 1.165) is 26.2 Å². The van der Waals surface area contributed by atoms with Crippen LogP contribution in [0.25, 0.3) is 17.2 Å². The molecule has 1 fully saturated rings. The Hall–Kier alpha value is -3.59. The van der Waals surface area contributed by atoms with Gasteiger partial charge in [-0.2, -0.15) is 9.50 Å². The Kier molecular flexibility index (Phi) is 4.49. The average molecular weight is 390 g/mol. The molecule has 0 radical (unpaired) electrons. The number of para-hydroxylation sites is 1. The van der Waals surface area contributed by atoms with E-state index in [4.69, 9.17) is 10.2 Å². The second kappa shape index (κ2) is 7.44. The summed E-state index contributed by atoms with van der Waals surface area (Å²) in [6.07, 6.45) is 1.59. The van der Waals surface area contributed by atoms with Gasteiger partial charge in [-0.25, -0.2) is 4.98 Å². The zero-order valence-corrected chi connectivity index (χ0v) is 15.9. The van der Waals surface area contributed by atoms with Crippen LogP contribution in [-0.4, -0.2) is 45.8 Å². The minimum atomic E-state index is 0.269. The molecule has 1 aromatic carbocycles. The molecule has 148 valence electrons. The van der Waals surface area contributed by atoms with Crippen molar-refractivity contribution >= 4 is 23.1 Å². The first-order valence-electron chi connectivity index (χ1n) is 9.62. The fourth-order valence-corrected chi connectivity index (χ4v) is 3.57. The maximum atomic E-state index is 6.10. The third-order valence-electron chi connectivity index (χ3n) is 5.00. The Labute approximate surface area is 167 Å². The highest BCUT2D eigenvalue weighted by Crippen LogP contribution is 2.23. The zero-order chi connectivity index (χ0) is 19.6. The van der Waals surface area contributed by atoms with Crippen LogP contribution in [0, 0.1) is 0 Å². The number of piperazine rings is 1. The van der Waals surface area contributed by atoms with Gasteiger partial charge in [0.1, 0.15) is 5.82 Å². The van der Waals surface area contributed by atoms with E-state index in [2.05, 4.69) is 54.9 Å². The molecule has 4 heterocycles. The number of nitrogens with zero attached hydrogens (tertiary/aromatic N) is 5. The fourth-order valence-electron chi connectivity index (χ4n) is 3.57. The van der Waals surface area contributed by atoms with Gasteiger partial charge in [0.25, 0.3) is 0 Å². The van der Waals surface area contributed by atoms with Crippen LogP contribution in [0.4, 0.5) is 17.5 Å². The molecular weight excluding hydrogens is 368 g/mol. The van der Waals surface area contributed by atoms with E-state index in [0.29, 0.717) is 29.6 Å².